The molecule has 114 valence electrons. The van der Waals surface area contributed by atoms with Gasteiger partial charge in [-0.1, -0.05) is 18.2 Å². The molecule has 2 bridgehead atoms. The van der Waals surface area contributed by atoms with Crippen LogP contribution in [0.15, 0.2) is 30.4 Å². The van der Waals surface area contributed by atoms with Gasteiger partial charge in [0.25, 0.3) is 5.91 Å². The molecule has 0 radical (unpaired) electrons. The average molecular weight is 298 g/mol. The van der Waals surface area contributed by atoms with Crippen molar-refractivity contribution in [3.05, 3.63) is 35.9 Å². The number of rotatable bonds is 2. The Kier molecular flexibility index (Phi) is 2.63. The van der Waals surface area contributed by atoms with Crippen molar-refractivity contribution in [1.82, 2.24) is 4.90 Å². The predicted octanol–water partition coefficient (Wildman–Crippen LogP) is 1.40. The number of hydrogen-bond donors (Lipinski definition) is 1. The van der Waals surface area contributed by atoms with Crippen LogP contribution in [0.4, 0.5) is 5.69 Å². The molecular formula is C17H18N2O3. The molecule has 0 saturated carbocycles. The van der Waals surface area contributed by atoms with E-state index < -0.39 is 0 Å². The molecule has 5 rings (SSSR count). The molecule has 4 heterocycles. The fourth-order valence-corrected chi connectivity index (χ4v) is 4.23. The summed E-state index contributed by atoms with van der Waals surface area (Å²) >= 11 is 0. The molecule has 1 aromatic rings. The van der Waals surface area contributed by atoms with Crippen LogP contribution >= 0.6 is 0 Å². The first-order valence-corrected chi connectivity index (χ1v) is 7.88. The van der Waals surface area contributed by atoms with E-state index in [0.29, 0.717) is 24.0 Å². The number of carbonyl (C=O) groups excluding carboxylic acids is 1. The van der Waals surface area contributed by atoms with Gasteiger partial charge in [0.1, 0.15) is 5.75 Å². The van der Waals surface area contributed by atoms with Crippen molar-refractivity contribution >= 4 is 11.6 Å². The lowest BCUT2D eigenvalue weighted by molar-refractivity contribution is -0.118. The lowest BCUT2D eigenvalue weighted by Crippen LogP contribution is -2.26. The second-order valence-corrected chi connectivity index (χ2v) is 6.64. The zero-order valence-electron chi connectivity index (χ0n) is 12.2. The molecule has 0 aliphatic carbocycles. The van der Waals surface area contributed by atoms with E-state index >= 15 is 0 Å². The molecule has 2 fully saturated rings. The van der Waals surface area contributed by atoms with Crippen LogP contribution in [-0.4, -0.2) is 42.7 Å². The number of anilines is 1. The van der Waals surface area contributed by atoms with Crippen LogP contribution in [0.25, 0.3) is 0 Å². The Morgan fingerprint density at radius 3 is 2.73 bits per heavy atom. The van der Waals surface area contributed by atoms with Gasteiger partial charge >= 0.3 is 0 Å². The summed E-state index contributed by atoms with van der Waals surface area (Å²) in [6.45, 7) is 3.21. The number of nitrogens with zero attached hydrogens (tertiary/aromatic N) is 1. The van der Waals surface area contributed by atoms with Crippen LogP contribution in [0, 0.1) is 11.8 Å². The molecule has 22 heavy (non-hydrogen) atoms. The normalized spacial score (nSPS) is 35.2. The van der Waals surface area contributed by atoms with Crippen molar-refractivity contribution in [2.45, 2.75) is 18.8 Å². The van der Waals surface area contributed by atoms with Gasteiger partial charge in [0.2, 0.25) is 0 Å². The third-order valence-electron chi connectivity index (χ3n) is 5.22. The monoisotopic (exact) mass is 298 g/mol. The molecule has 4 aliphatic heterocycles. The lowest BCUT2D eigenvalue weighted by Gasteiger charge is -2.21. The van der Waals surface area contributed by atoms with E-state index in [1.54, 1.807) is 0 Å². The van der Waals surface area contributed by atoms with Crippen molar-refractivity contribution in [1.29, 1.82) is 0 Å². The Bertz CT molecular complexity index is 652. The van der Waals surface area contributed by atoms with Gasteiger partial charge in [-0.05, 0) is 17.7 Å². The SMILES string of the molecule is O=C1COc2ccc(CN3CC4C5C=CC(O5)C4C3)cc2N1. The second kappa shape index (κ2) is 4.57. The zero-order chi connectivity index (χ0) is 14.7. The molecule has 0 aromatic heterocycles. The number of carbonyl (C=O) groups is 1. The number of hydrogen-bond acceptors (Lipinski definition) is 4. The van der Waals surface area contributed by atoms with E-state index in [4.69, 9.17) is 9.47 Å². The summed E-state index contributed by atoms with van der Waals surface area (Å²) in [6.07, 6.45) is 5.11. The second-order valence-electron chi connectivity index (χ2n) is 6.64. The summed E-state index contributed by atoms with van der Waals surface area (Å²) in [4.78, 5) is 13.9. The fraction of sp³-hybridized carbons (Fsp3) is 0.471. The van der Waals surface area contributed by atoms with Gasteiger partial charge in [-0.25, -0.2) is 0 Å². The number of benzene rings is 1. The summed E-state index contributed by atoms with van der Waals surface area (Å²) in [5.41, 5.74) is 2.00. The predicted molar refractivity (Wildman–Crippen MR) is 80.6 cm³/mol. The molecule has 1 amide bonds. The Hall–Kier alpha value is -1.85. The molecule has 5 nitrogen and oxygen atoms in total. The highest BCUT2D eigenvalue weighted by molar-refractivity contribution is 5.95. The Balaban J connectivity index is 1.31. The largest absolute Gasteiger partial charge is 0.482 e. The smallest absolute Gasteiger partial charge is 0.262 e. The van der Waals surface area contributed by atoms with E-state index in [9.17, 15) is 4.79 Å². The molecule has 4 atom stereocenters. The molecule has 4 unspecified atom stereocenters. The van der Waals surface area contributed by atoms with Crippen LogP contribution in [0.2, 0.25) is 0 Å². The van der Waals surface area contributed by atoms with E-state index in [-0.39, 0.29) is 12.5 Å². The van der Waals surface area contributed by atoms with Gasteiger partial charge in [0.05, 0.1) is 17.9 Å². The quantitative estimate of drug-likeness (QED) is 0.839. The third-order valence-corrected chi connectivity index (χ3v) is 5.22. The maximum atomic E-state index is 11.4. The highest BCUT2D eigenvalue weighted by Crippen LogP contribution is 2.44. The van der Waals surface area contributed by atoms with Gasteiger partial charge in [0.15, 0.2) is 6.61 Å². The number of amides is 1. The van der Waals surface area contributed by atoms with Crippen molar-refractivity contribution in [2.75, 3.05) is 25.0 Å². The minimum Gasteiger partial charge on any atom is -0.482 e. The molecule has 1 aromatic carbocycles. The molecule has 2 saturated heterocycles. The summed E-state index contributed by atoms with van der Waals surface area (Å²) in [5, 5.41) is 2.88. The van der Waals surface area contributed by atoms with Crippen molar-refractivity contribution < 1.29 is 14.3 Å². The summed E-state index contributed by atoms with van der Waals surface area (Å²) in [5.74, 6) is 1.98. The van der Waals surface area contributed by atoms with E-state index in [2.05, 4.69) is 28.4 Å². The number of likely N-dealkylation sites (tertiary alicyclic amines) is 1. The molecule has 5 heteroatoms. The average Bonchev–Trinajstić information content (AvgIpc) is 3.19. The van der Waals surface area contributed by atoms with E-state index in [1.165, 1.54) is 5.56 Å². The van der Waals surface area contributed by atoms with E-state index in [1.807, 2.05) is 12.1 Å². The highest BCUT2D eigenvalue weighted by atomic mass is 16.5. The minimum absolute atomic E-state index is 0.0832. The minimum atomic E-state index is -0.0832. The van der Waals surface area contributed by atoms with Crippen molar-refractivity contribution in [2.24, 2.45) is 11.8 Å². The maximum absolute atomic E-state index is 11.4. The first-order chi connectivity index (χ1) is 10.8. The number of nitrogens with one attached hydrogen (secondary N) is 1. The van der Waals surface area contributed by atoms with E-state index in [0.717, 1.165) is 31.1 Å². The Labute approximate surface area is 128 Å². The van der Waals surface area contributed by atoms with Crippen LogP contribution < -0.4 is 10.1 Å². The topological polar surface area (TPSA) is 50.8 Å². The van der Waals surface area contributed by atoms with Crippen LogP contribution in [0.5, 0.6) is 5.75 Å². The van der Waals surface area contributed by atoms with Gasteiger partial charge in [-0.2, -0.15) is 0 Å². The first-order valence-electron chi connectivity index (χ1n) is 7.88. The van der Waals surface area contributed by atoms with Crippen molar-refractivity contribution in [3.8, 4) is 5.75 Å². The van der Waals surface area contributed by atoms with Crippen LogP contribution in [0.3, 0.4) is 0 Å². The standard InChI is InChI=1S/C17H18N2O3/c20-17-9-21-16-2-1-10(5-13(16)18-17)6-19-7-11-12(8-19)15-4-3-14(11)22-15/h1-5,11-12,14-15H,6-9H2,(H,18,20). The number of ether oxygens (including phenoxy) is 2. The van der Waals surface area contributed by atoms with Gasteiger partial charge in [-0.3, -0.25) is 9.69 Å². The van der Waals surface area contributed by atoms with Crippen molar-refractivity contribution in [3.63, 3.8) is 0 Å². The summed E-state index contributed by atoms with van der Waals surface area (Å²) in [7, 11) is 0. The Morgan fingerprint density at radius 1 is 1.18 bits per heavy atom. The molecular weight excluding hydrogens is 280 g/mol. The lowest BCUT2D eigenvalue weighted by atomic mass is 9.86. The first kappa shape index (κ1) is 12.7. The number of fused-ring (bicyclic) bond motifs is 6. The Morgan fingerprint density at radius 2 is 1.95 bits per heavy atom. The van der Waals surface area contributed by atoms with Crippen LogP contribution in [0.1, 0.15) is 5.56 Å². The van der Waals surface area contributed by atoms with Gasteiger partial charge < -0.3 is 14.8 Å². The van der Waals surface area contributed by atoms with Gasteiger partial charge in [0, 0.05) is 31.5 Å². The highest BCUT2D eigenvalue weighted by Gasteiger charge is 2.50. The maximum Gasteiger partial charge on any atom is 0.262 e. The van der Waals surface area contributed by atoms with Crippen LogP contribution in [-0.2, 0) is 16.1 Å². The van der Waals surface area contributed by atoms with Gasteiger partial charge in [-0.15, -0.1) is 0 Å². The summed E-state index contributed by atoms with van der Waals surface area (Å²) < 4.78 is 11.3. The third kappa shape index (κ3) is 1.89. The summed E-state index contributed by atoms with van der Waals surface area (Å²) in [6, 6.07) is 6.08. The molecule has 4 aliphatic rings. The molecule has 0 spiro atoms. The fourth-order valence-electron chi connectivity index (χ4n) is 4.23. The zero-order valence-corrected chi connectivity index (χ0v) is 12.2. The molecule has 1 N–H and O–H groups in total.